The molecule has 348 valence electrons. The van der Waals surface area contributed by atoms with E-state index in [9.17, 15) is 9.59 Å². The van der Waals surface area contributed by atoms with Gasteiger partial charge in [0.05, 0.1) is 46.2 Å². The van der Waals surface area contributed by atoms with Gasteiger partial charge in [0, 0.05) is 15.6 Å². The van der Waals surface area contributed by atoms with Crippen LogP contribution in [-0.2, 0) is 32.2 Å². The second-order valence-corrected chi connectivity index (χ2v) is 19.1. The molecule has 0 aliphatic heterocycles. The van der Waals surface area contributed by atoms with Crippen LogP contribution in [0.1, 0.15) is 105 Å². The van der Waals surface area contributed by atoms with Crippen molar-refractivity contribution in [3.63, 3.8) is 0 Å². The van der Waals surface area contributed by atoms with Crippen molar-refractivity contribution in [2.45, 2.75) is 104 Å². The number of rotatable bonds is 14. The third kappa shape index (κ3) is 14.5. The number of alkyl halides is 1. The maximum atomic E-state index is 11.8. The van der Waals surface area contributed by atoms with Crippen molar-refractivity contribution in [3.05, 3.63) is 115 Å². The van der Waals surface area contributed by atoms with Crippen LogP contribution in [0.15, 0.2) is 80.3 Å². The summed E-state index contributed by atoms with van der Waals surface area (Å²) in [5.41, 5.74) is 6.21. The normalized spacial score (nSPS) is 18.1. The number of halogens is 1. The molecule has 6 aromatic rings. The van der Waals surface area contributed by atoms with E-state index in [1.54, 1.807) is 5.38 Å². The Morgan fingerprint density at radius 1 is 0.677 bits per heavy atom. The van der Waals surface area contributed by atoms with Crippen LogP contribution in [0.2, 0.25) is 0 Å². The van der Waals surface area contributed by atoms with E-state index in [0.717, 1.165) is 77.0 Å². The molecule has 2 aliphatic carbocycles. The van der Waals surface area contributed by atoms with Gasteiger partial charge in [-0.05, 0) is 125 Å². The molecule has 2 saturated carbocycles. The Kier molecular flexibility index (Phi) is 19.0. The number of methoxy groups -OCH3 is 2. The van der Waals surface area contributed by atoms with Crippen LogP contribution < -0.4 is 4.74 Å². The van der Waals surface area contributed by atoms with E-state index in [-0.39, 0.29) is 22.7 Å². The number of carbonyl (C=O) groups excluding carboxylic acids is 2. The lowest BCUT2D eigenvalue weighted by molar-refractivity contribution is -0.00600. The summed E-state index contributed by atoms with van der Waals surface area (Å²) in [6.45, 7) is 9.61. The summed E-state index contributed by atoms with van der Waals surface area (Å²) in [4.78, 5) is 32.6. The largest absolute Gasteiger partial charge is 0.506 e. The first-order chi connectivity index (χ1) is 31.4. The number of benzene rings is 2. The Balaban J connectivity index is 0.000000184. The number of hydrogen-bond donors (Lipinski definition) is 1. The molecule has 0 radical (unpaired) electrons. The zero-order valence-electron chi connectivity index (χ0n) is 37.9. The second kappa shape index (κ2) is 24.8. The van der Waals surface area contributed by atoms with E-state index in [4.69, 9.17) is 32.9 Å². The quantitative estimate of drug-likeness (QED) is 0.0628. The summed E-state index contributed by atoms with van der Waals surface area (Å²) >= 11 is 4.99. The Hall–Kier alpha value is -4.55. The first kappa shape index (κ1) is 49.9. The highest BCUT2D eigenvalue weighted by molar-refractivity contribution is 14.1. The van der Waals surface area contributed by atoms with Crippen LogP contribution in [0.5, 0.6) is 11.5 Å². The van der Waals surface area contributed by atoms with Gasteiger partial charge in [-0.2, -0.15) is 0 Å². The summed E-state index contributed by atoms with van der Waals surface area (Å²) < 4.78 is 40.4. The van der Waals surface area contributed by atoms with Gasteiger partial charge in [-0.3, -0.25) is 0 Å². The minimum atomic E-state index is -0.493. The molecule has 2 aliphatic rings. The van der Waals surface area contributed by atoms with Crippen LogP contribution in [0, 0.1) is 39.5 Å². The Morgan fingerprint density at radius 3 is 1.65 bits per heavy atom. The van der Waals surface area contributed by atoms with Gasteiger partial charge in [-0.15, -0.1) is 22.7 Å². The van der Waals surface area contributed by atoms with Gasteiger partial charge in [-0.25, -0.2) is 19.6 Å². The lowest BCUT2D eigenvalue weighted by Crippen LogP contribution is -2.26. The third-order valence-electron chi connectivity index (χ3n) is 11.5. The first-order valence-electron chi connectivity index (χ1n) is 21.9. The fourth-order valence-electron chi connectivity index (χ4n) is 7.64. The number of oxazole rings is 2. The molecule has 0 unspecified atom stereocenters. The van der Waals surface area contributed by atoms with Gasteiger partial charge >= 0.3 is 11.9 Å². The van der Waals surface area contributed by atoms with Crippen molar-refractivity contribution < 1.29 is 47.2 Å². The van der Waals surface area contributed by atoms with Gasteiger partial charge in [0.25, 0.3) is 0 Å². The number of aryl methyl sites for hydroxylation is 4. The van der Waals surface area contributed by atoms with E-state index in [0.29, 0.717) is 54.3 Å². The van der Waals surface area contributed by atoms with E-state index in [2.05, 4.69) is 87.5 Å². The smallest absolute Gasteiger partial charge is 0.351 e. The van der Waals surface area contributed by atoms with Gasteiger partial charge < -0.3 is 37.6 Å². The fourth-order valence-corrected chi connectivity index (χ4v) is 9.89. The molecule has 0 spiro atoms. The molecule has 0 amide bonds. The molecule has 2 fully saturated rings. The maximum absolute atomic E-state index is 11.8. The van der Waals surface area contributed by atoms with Gasteiger partial charge in [-0.1, -0.05) is 70.8 Å². The predicted molar refractivity (Wildman–Crippen MR) is 261 cm³/mol. The molecule has 0 saturated heterocycles. The van der Waals surface area contributed by atoms with Crippen LogP contribution in [0.3, 0.4) is 0 Å². The Morgan fingerprint density at radius 2 is 1.15 bits per heavy atom. The number of esters is 2. The summed E-state index contributed by atoms with van der Waals surface area (Å²) in [5, 5.41) is 12.4. The highest BCUT2D eigenvalue weighted by Gasteiger charge is 2.26. The topological polar surface area (TPSA) is 153 Å². The number of aromatic hydroxyl groups is 1. The lowest BCUT2D eigenvalue weighted by Gasteiger charge is -2.29. The summed E-state index contributed by atoms with van der Waals surface area (Å²) in [7, 11) is 2.66. The molecule has 15 heteroatoms. The van der Waals surface area contributed by atoms with E-state index in [1.807, 2.05) is 37.4 Å². The zero-order valence-corrected chi connectivity index (χ0v) is 41.7. The number of thiophene rings is 2. The molecule has 2 aromatic carbocycles. The molecular weight excluding hydrogens is 980 g/mol. The van der Waals surface area contributed by atoms with Crippen molar-refractivity contribution in [2.75, 3.05) is 25.3 Å². The van der Waals surface area contributed by atoms with Gasteiger partial charge in [0.2, 0.25) is 11.8 Å². The number of carbonyl (C=O) groups is 2. The van der Waals surface area contributed by atoms with Crippen LogP contribution in [-0.4, -0.2) is 64.5 Å². The monoisotopic (exact) mass is 1040 g/mol. The van der Waals surface area contributed by atoms with Crippen LogP contribution in [0.25, 0.3) is 22.9 Å². The number of nitrogens with zero attached hydrogens (tertiary/aromatic N) is 2. The molecular formula is C50H59IN2O10S2. The average molecular weight is 1040 g/mol. The minimum Gasteiger partial charge on any atom is -0.506 e. The number of hydrogen-bond acceptors (Lipinski definition) is 14. The van der Waals surface area contributed by atoms with Crippen molar-refractivity contribution in [2.24, 2.45) is 11.8 Å². The summed E-state index contributed by atoms with van der Waals surface area (Å²) in [6, 6.07) is 19.7. The lowest BCUT2D eigenvalue weighted by atomic mass is 9.88. The second-order valence-electron chi connectivity index (χ2n) is 16.4. The van der Waals surface area contributed by atoms with Crippen LogP contribution in [0.4, 0.5) is 0 Å². The Labute approximate surface area is 403 Å². The molecule has 4 heterocycles. The van der Waals surface area contributed by atoms with E-state index in [1.165, 1.54) is 72.9 Å². The zero-order chi connectivity index (χ0) is 46.3. The SMILES string of the molecule is COC(=O)c1sccc1O.COC(=O)c1sccc1OC[C@@H]1CCC[C@H](OCc2nc(-c3ccc(C)cc3)oc2C)C1.Cc1ccc(-c2nc(CO[C@H]3CCC[C@@H](CI)C3)c(C)o2)cc1. The van der Waals surface area contributed by atoms with Crippen molar-refractivity contribution in [3.8, 4) is 34.4 Å². The van der Waals surface area contributed by atoms with Gasteiger partial charge in [0.15, 0.2) is 9.75 Å². The molecule has 65 heavy (non-hydrogen) atoms. The highest BCUT2D eigenvalue weighted by Crippen LogP contribution is 2.33. The van der Waals surface area contributed by atoms with Crippen molar-refractivity contribution in [1.82, 2.24) is 9.97 Å². The fraction of sp³-hybridized carbons (Fsp3) is 0.440. The van der Waals surface area contributed by atoms with Crippen molar-refractivity contribution in [1.29, 1.82) is 0 Å². The van der Waals surface area contributed by atoms with Crippen molar-refractivity contribution >= 4 is 57.2 Å². The third-order valence-corrected chi connectivity index (χ3v) is 14.5. The van der Waals surface area contributed by atoms with E-state index >= 15 is 0 Å². The average Bonchev–Trinajstić information content (AvgIpc) is 4.15. The minimum absolute atomic E-state index is 0.0168. The summed E-state index contributed by atoms with van der Waals surface area (Å²) in [5.74, 6) is 3.93. The molecule has 4 atom stereocenters. The standard InChI is InChI=1S/C25H29NO5S.C19H24INO2.C6H6O3S/c1-16-7-9-19(10-8-16)24-26-21(17(2)31-24)15-29-20-6-4-5-18(13-20)14-30-22-11-12-32-23(22)25(27)28-3;1-13-6-8-16(9-7-13)19-21-18(14(2)23-19)12-22-17-5-3-4-15(10-17)11-20;1-9-6(8)5-4(7)2-3-10-5/h7-12,18,20H,4-6,13-15H2,1-3H3;6-9,15,17H,3-5,10-12H2,1-2H3;2-3,7H,1H3/t18-,20+;15-,17+;/m11./s1. The van der Waals surface area contributed by atoms with E-state index < -0.39 is 5.97 Å². The Bertz CT molecular complexity index is 2400. The number of ether oxygens (including phenoxy) is 5. The number of aromatic nitrogens is 2. The maximum Gasteiger partial charge on any atom is 0.351 e. The molecule has 12 nitrogen and oxygen atoms in total. The van der Waals surface area contributed by atoms with Gasteiger partial charge in [0.1, 0.15) is 34.4 Å². The molecule has 0 bridgehead atoms. The molecule has 8 rings (SSSR count). The predicted octanol–water partition coefficient (Wildman–Crippen LogP) is 12.7. The summed E-state index contributed by atoms with van der Waals surface area (Å²) in [6.07, 6.45) is 9.69. The molecule has 1 N–H and O–H groups in total. The van der Waals surface area contributed by atoms with Crippen LogP contribution >= 0.6 is 45.3 Å². The molecule has 4 aromatic heterocycles. The highest BCUT2D eigenvalue weighted by atomic mass is 127. The first-order valence-corrected chi connectivity index (χ1v) is 25.2.